The van der Waals surface area contributed by atoms with Gasteiger partial charge in [0.15, 0.2) is 0 Å². The molecular formula is C15H19O3P. The number of allylic oxidation sites excluding steroid dienone is 4. The topological polar surface area (TPSA) is 35.5 Å². The van der Waals surface area contributed by atoms with Crippen LogP contribution in [0.5, 0.6) is 0 Å². The van der Waals surface area contributed by atoms with Crippen LogP contribution < -0.4 is 0 Å². The van der Waals surface area contributed by atoms with Gasteiger partial charge < -0.3 is 9.05 Å². The lowest BCUT2D eigenvalue weighted by molar-refractivity contribution is 0.261. The third-order valence-corrected chi connectivity index (χ3v) is 5.69. The molecule has 0 spiro atoms. The Morgan fingerprint density at radius 3 is 2.21 bits per heavy atom. The molecular weight excluding hydrogens is 259 g/mol. The molecule has 1 aliphatic carbocycles. The van der Waals surface area contributed by atoms with E-state index in [0.717, 1.165) is 12.0 Å². The summed E-state index contributed by atoms with van der Waals surface area (Å²) in [6, 6.07) is 9.75. The maximum atomic E-state index is 12.8. The van der Waals surface area contributed by atoms with E-state index < -0.39 is 7.60 Å². The Hall–Kier alpha value is -1.15. The smallest absolute Gasteiger partial charge is 0.311 e. The molecule has 0 saturated carbocycles. The molecule has 0 N–H and O–H groups in total. The van der Waals surface area contributed by atoms with Gasteiger partial charge in [0, 0.05) is 20.1 Å². The molecule has 0 bridgehead atoms. The average molecular weight is 278 g/mol. The number of benzene rings is 1. The number of rotatable bonds is 5. The molecule has 0 fully saturated rings. The summed E-state index contributed by atoms with van der Waals surface area (Å²) in [6.45, 7) is 0. The third-order valence-electron chi connectivity index (χ3n) is 3.34. The van der Waals surface area contributed by atoms with Crippen molar-refractivity contribution >= 4 is 7.60 Å². The summed E-state index contributed by atoms with van der Waals surface area (Å²) in [4.78, 5) is 0. The minimum Gasteiger partial charge on any atom is -0.311 e. The second-order valence-corrected chi connectivity index (χ2v) is 6.80. The Morgan fingerprint density at radius 1 is 1.11 bits per heavy atom. The maximum absolute atomic E-state index is 12.8. The Morgan fingerprint density at radius 2 is 1.68 bits per heavy atom. The summed E-state index contributed by atoms with van der Waals surface area (Å²) in [5.41, 5.74) is 0.659. The molecule has 1 aromatic rings. The van der Waals surface area contributed by atoms with Crippen LogP contribution in [0.2, 0.25) is 0 Å². The van der Waals surface area contributed by atoms with E-state index in [4.69, 9.17) is 9.05 Å². The first-order valence-corrected chi connectivity index (χ1v) is 7.92. The van der Waals surface area contributed by atoms with E-state index in [-0.39, 0.29) is 11.6 Å². The Labute approximate surface area is 114 Å². The molecule has 1 aromatic carbocycles. The summed E-state index contributed by atoms with van der Waals surface area (Å²) in [7, 11) is -0.302. The van der Waals surface area contributed by atoms with Crippen molar-refractivity contribution in [1.82, 2.24) is 0 Å². The fourth-order valence-corrected chi connectivity index (χ4v) is 4.15. The van der Waals surface area contributed by atoms with Crippen LogP contribution in [0.4, 0.5) is 0 Å². The Balaban J connectivity index is 2.44. The molecule has 2 rings (SSSR count). The molecule has 1 atom stereocenters. The van der Waals surface area contributed by atoms with Crippen LogP contribution in [0.1, 0.15) is 17.6 Å². The highest BCUT2D eigenvalue weighted by molar-refractivity contribution is 7.54. The first-order chi connectivity index (χ1) is 9.21. The predicted molar refractivity (Wildman–Crippen MR) is 77.2 cm³/mol. The minimum absolute atomic E-state index is 0.0295. The van der Waals surface area contributed by atoms with Crippen molar-refractivity contribution < 1.29 is 13.6 Å². The highest BCUT2D eigenvalue weighted by Gasteiger charge is 2.39. The molecule has 3 nitrogen and oxygen atoms in total. The van der Waals surface area contributed by atoms with Gasteiger partial charge in [-0.3, -0.25) is 4.57 Å². The molecule has 0 heterocycles. The number of hydrogen-bond acceptors (Lipinski definition) is 3. The van der Waals surface area contributed by atoms with Crippen LogP contribution in [0.25, 0.3) is 0 Å². The van der Waals surface area contributed by atoms with E-state index in [9.17, 15) is 4.57 Å². The van der Waals surface area contributed by atoms with Gasteiger partial charge in [-0.1, -0.05) is 54.6 Å². The van der Waals surface area contributed by atoms with Crippen molar-refractivity contribution in [3.63, 3.8) is 0 Å². The van der Waals surface area contributed by atoms with E-state index in [1.807, 2.05) is 30.3 Å². The fourth-order valence-electron chi connectivity index (χ4n) is 2.39. The second-order valence-electron chi connectivity index (χ2n) is 4.43. The Bertz CT molecular complexity index is 487. The van der Waals surface area contributed by atoms with E-state index in [1.165, 1.54) is 14.2 Å². The van der Waals surface area contributed by atoms with Crippen molar-refractivity contribution in [2.75, 3.05) is 14.2 Å². The highest BCUT2D eigenvalue weighted by atomic mass is 31.2. The zero-order valence-corrected chi connectivity index (χ0v) is 12.1. The summed E-state index contributed by atoms with van der Waals surface area (Å²) in [5.74, 6) is 0.0295. The van der Waals surface area contributed by atoms with Crippen molar-refractivity contribution in [3.8, 4) is 0 Å². The predicted octanol–water partition coefficient (Wildman–Crippen LogP) is 4.35. The van der Waals surface area contributed by atoms with Crippen LogP contribution in [0.3, 0.4) is 0 Å². The SMILES string of the molecule is COP(=O)(OC)[C@@H](c1ccccc1)C1C=CCC=C1. The molecule has 0 aromatic heterocycles. The van der Waals surface area contributed by atoms with E-state index in [0.29, 0.717) is 0 Å². The van der Waals surface area contributed by atoms with Crippen LogP contribution in [0, 0.1) is 5.92 Å². The van der Waals surface area contributed by atoms with Crippen molar-refractivity contribution in [2.45, 2.75) is 12.1 Å². The molecule has 19 heavy (non-hydrogen) atoms. The first-order valence-electron chi connectivity index (χ1n) is 6.30. The molecule has 0 saturated heterocycles. The van der Waals surface area contributed by atoms with Gasteiger partial charge in [-0.05, 0) is 12.0 Å². The molecule has 4 heteroatoms. The lowest BCUT2D eigenvalue weighted by atomic mass is 9.94. The first kappa shape index (κ1) is 14.3. The van der Waals surface area contributed by atoms with Crippen LogP contribution >= 0.6 is 7.60 Å². The minimum atomic E-state index is -3.18. The van der Waals surface area contributed by atoms with Crippen LogP contribution in [-0.4, -0.2) is 14.2 Å². The van der Waals surface area contributed by atoms with Gasteiger partial charge in [0.2, 0.25) is 0 Å². The van der Waals surface area contributed by atoms with Crippen LogP contribution in [-0.2, 0) is 13.6 Å². The van der Waals surface area contributed by atoms with Gasteiger partial charge in [-0.15, -0.1) is 0 Å². The quantitative estimate of drug-likeness (QED) is 0.593. The van der Waals surface area contributed by atoms with Gasteiger partial charge in [0.1, 0.15) is 0 Å². The van der Waals surface area contributed by atoms with Gasteiger partial charge in [0.05, 0.1) is 5.66 Å². The third kappa shape index (κ3) is 3.06. The van der Waals surface area contributed by atoms with Gasteiger partial charge in [-0.25, -0.2) is 0 Å². The summed E-state index contributed by atoms with van der Waals surface area (Å²) in [5, 5.41) is 0. The van der Waals surface area contributed by atoms with E-state index in [1.54, 1.807) is 0 Å². The molecule has 1 aliphatic rings. The van der Waals surface area contributed by atoms with Crippen molar-refractivity contribution in [3.05, 3.63) is 60.2 Å². The van der Waals surface area contributed by atoms with E-state index >= 15 is 0 Å². The molecule has 102 valence electrons. The standard InChI is InChI=1S/C15H19O3P/c1-17-19(16,18-2)15(13-9-5-3-6-10-13)14-11-7-4-8-12-14/h3,5-12,14-15H,4H2,1-2H3/t15-/m0/s1. The van der Waals surface area contributed by atoms with Crippen molar-refractivity contribution in [1.29, 1.82) is 0 Å². The van der Waals surface area contributed by atoms with Gasteiger partial charge in [-0.2, -0.15) is 0 Å². The Kier molecular flexibility index (Phi) is 4.76. The van der Waals surface area contributed by atoms with Crippen LogP contribution in [0.15, 0.2) is 54.6 Å². The lowest BCUT2D eigenvalue weighted by Gasteiger charge is -2.29. The number of hydrogen-bond donors (Lipinski definition) is 0. The largest absolute Gasteiger partial charge is 0.338 e. The molecule has 0 radical (unpaired) electrons. The van der Waals surface area contributed by atoms with E-state index in [2.05, 4.69) is 24.3 Å². The normalized spacial score (nSPS) is 17.6. The zero-order valence-electron chi connectivity index (χ0n) is 11.2. The molecule has 0 aliphatic heterocycles. The lowest BCUT2D eigenvalue weighted by Crippen LogP contribution is -2.13. The summed E-state index contributed by atoms with van der Waals surface area (Å²) < 4.78 is 23.3. The zero-order chi connectivity index (χ0) is 13.7. The fraction of sp³-hybridized carbons (Fsp3) is 0.333. The van der Waals surface area contributed by atoms with Crippen molar-refractivity contribution in [2.24, 2.45) is 5.92 Å². The average Bonchev–Trinajstić information content (AvgIpc) is 2.49. The molecule has 0 amide bonds. The van der Waals surface area contributed by atoms with Gasteiger partial charge in [0.25, 0.3) is 0 Å². The second kappa shape index (κ2) is 6.33. The molecule has 0 unspecified atom stereocenters. The monoisotopic (exact) mass is 278 g/mol. The van der Waals surface area contributed by atoms with Gasteiger partial charge >= 0.3 is 7.60 Å². The maximum Gasteiger partial charge on any atom is 0.338 e. The summed E-state index contributed by atoms with van der Waals surface area (Å²) >= 11 is 0. The summed E-state index contributed by atoms with van der Waals surface area (Å²) in [6.07, 6.45) is 9.22. The highest BCUT2D eigenvalue weighted by Crippen LogP contribution is 2.63.